The fourth-order valence-corrected chi connectivity index (χ4v) is 4.15. The van der Waals surface area contributed by atoms with Gasteiger partial charge in [0.15, 0.2) is 0 Å². The molecule has 0 aliphatic heterocycles. The van der Waals surface area contributed by atoms with Gasteiger partial charge in [0.05, 0.1) is 29.5 Å². The van der Waals surface area contributed by atoms with Crippen LogP contribution in [-0.2, 0) is 4.74 Å². The van der Waals surface area contributed by atoms with E-state index >= 15 is 0 Å². The van der Waals surface area contributed by atoms with Gasteiger partial charge in [0.25, 0.3) is 5.52 Å². The molecule has 0 unspecified atom stereocenters. The summed E-state index contributed by atoms with van der Waals surface area (Å²) >= 11 is 0. The number of aromatic nitrogens is 1. The SMILES string of the molecule is COC1=CC(=N)/C(=C\N[C@H]2CC[C@](C)(O)CC2)C=C1NC(=O)c1ccc2ccccc2[n+]1O. The van der Waals surface area contributed by atoms with Crippen LogP contribution in [0.2, 0.25) is 0 Å². The number of ether oxygens (including phenoxy) is 1. The smallest absolute Gasteiger partial charge is 0.325 e. The lowest BCUT2D eigenvalue weighted by atomic mass is 9.84. The van der Waals surface area contributed by atoms with E-state index in [0.717, 1.165) is 35.8 Å². The molecule has 1 heterocycles. The number of hydrogen-bond acceptors (Lipinski definition) is 6. The van der Waals surface area contributed by atoms with Gasteiger partial charge < -0.3 is 25.9 Å². The number of hydrogen-bond donors (Lipinski definition) is 5. The maximum absolute atomic E-state index is 13.0. The number of nitrogens with one attached hydrogen (secondary N) is 3. The molecular formula is C25H29N4O4+. The second kappa shape index (κ2) is 9.07. The molecule has 8 nitrogen and oxygen atoms in total. The Kier molecular flexibility index (Phi) is 6.20. The lowest BCUT2D eigenvalue weighted by Crippen LogP contribution is -2.42. The molecule has 0 radical (unpaired) electrons. The van der Waals surface area contributed by atoms with Gasteiger partial charge in [-0.2, -0.15) is 0 Å². The normalized spacial score (nSPS) is 24.3. The zero-order valence-electron chi connectivity index (χ0n) is 18.8. The lowest BCUT2D eigenvalue weighted by Gasteiger charge is -2.33. The number of allylic oxidation sites excluding steroid dienone is 3. The molecule has 2 aliphatic rings. The number of carbonyl (C=O) groups is 1. The van der Waals surface area contributed by atoms with Crippen molar-refractivity contribution in [1.29, 1.82) is 5.41 Å². The van der Waals surface area contributed by atoms with Crippen molar-refractivity contribution in [3.8, 4) is 0 Å². The summed E-state index contributed by atoms with van der Waals surface area (Å²) < 4.78 is 6.23. The minimum atomic E-state index is -0.608. The van der Waals surface area contributed by atoms with Crippen molar-refractivity contribution in [1.82, 2.24) is 10.6 Å². The van der Waals surface area contributed by atoms with Crippen molar-refractivity contribution in [3.63, 3.8) is 0 Å². The number of rotatable bonds is 5. The Hall–Kier alpha value is -3.65. The fourth-order valence-electron chi connectivity index (χ4n) is 4.15. The summed E-state index contributed by atoms with van der Waals surface area (Å²) in [4.78, 5) is 13.0. The van der Waals surface area contributed by atoms with E-state index in [4.69, 9.17) is 10.1 Å². The van der Waals surface area contributed by atoms with Crippen LogP contribution in [0.25, 0.3) is 10.9 Å². The van der Waals surface area contributed by atoms with Gasteiger partial charge in [-0.05, 0) is 50.8 Å². The summed E-state index contributed by atoms with van der Waals surface area (Å²) in [5, 5.41) is 35.9. The predicted molar refractivity (Wildman–Crippen MR) is 124 cm³/mol. The quantitative estimate of drug-likeness (QED) is 0.355. The first kappa shape index (κ1) is 22.5. The predicted octanol–water partition coefficient (Wildman–Crippen LogP) is 2.71. The Bertz CT molecular complexity index is 1190. The van der Waals surface area contributed by atoms with Gasteiger partial charge in [0.2, 0.25) is 0 Å². The first-order valence-electron chi connectivity index (χ1n) is 11.0. The first-order valence-corrected chi connectivity index (χ1v) is 11.0. The molecule has 0 atom stereocenters. The zero-order valence-corrected chi connectivity index (χ0v) is 18.8. The lowest BCUT2D eigenvalue weighted by molar-refractivity contribution is -0.885. The molecule has 33 heavy (non-hydrogen) atoms. The van der Waals surface area contributed by atoms with Crippen LogP contribution >= 0.6 is 0 Å². The molecule has 0 saturated heterocycles. The molecule has 0 bridgehead atoms. The monoisotopic (exact) mass is 449 g/mol. The molecule has 0 spiro atoms. The van der Waals surface area contributed by atoms with Crippen LogP contribution in [0.3, 0.4) is 0 Å². The summed E-state index contributed by atoms with van der Waals surface area (Å²) in [6.07, 6.45) is 8.12. The Morgan fingerprint density at radius 2 is 1.94 bits per heavy atom. The Labute approximate surface area is 192 Å². The van der Waals surface area contributed by atoms with E-state index in [0.29, 0.717) is 22.5 Å². The largest absolute Gasteiger partial charge is 0.494 e. The van der Waals surface area contributed by atoms with Gasteiger partial charge in [-0.1, -0.05) is 12.1 Å². The van der Waals surface area contributed by atoms with Crippen LogP contribution in [0.5, 0.6) is 0 Å². The standard InChI is InChI=1S/C25H28N4O4/c1-25(31)11-9-18(10-12-25)27-15-17-13-20(23(33-2)14-19(17)26)28-24(30)22-8-7-16-5-3-4-6-21(16)29(22)32/h3-8,13-15,18,26,30-32H,9-12H2,1-2H3/p+1/t18-,25-. The molecule has 5 N–H and O–H groups in total. The third-order valence-electron chi connectivity index (χ3n) is 6.20. The highest BCUT2D eigenvalue weighted by Crippen LogP contribution is 2.28. The van der Waals surface area contributed by atoms with Crippen molar-refractivity contribution in [2.45, 2.75) is 44.2 Å². The topological polar surface area (TPSA) is 119 Å². The molecule has 1 aromatic heterocycles. The maximum Gasteiger partial charge on any atom is 0.325 e. The van der Waals surface area contributed by atoms with Crippen molar-refractivity contribution < 1.29 is 24.6 Å². The van der Waals surface area contributed by atoms with Gasteiger partial charge in [0.1, 0.15) is 5.76 Å². The fraction of sp³-hybridized carbons (Fsp3) is 0.320. The summed E-state index contributed by atoms with van der Waals surface area (Å²) in [7, 11) is 1.47. The summed E-state index contributed by atoms with van der Waals surface area (Å²) in [6.45, 7) is 1.86. The van der Waals surface area contributed by atoms with Crippen LogP contribution in [0.4, 0.5) is 0 Å². The van der Waals surface area contributed by atoms with E-state index in [-0.39, 0.29) is 17.4 Å². The molecular weight excluding hydrogens is 420 g/mol. The van der Waals surface area contributed by atoms with E-state index in [1.165, 1.54) is 7.11 Å². The molecule has 1 aromatic carbocycles. The van der Waals surface area contributed by atoms with Gasteiger partial charge in [-0.3, -0.25) is 10.0 Å². The number of para-hydroxylation sites is 1. The van der Waals surface area contributed by atoms with Gasteiger partial charge >= 0.3 is 11.6 Å². The highest BCUT2D eigenvalue weighted by atomic mass is 16.5. The number of benzene rings is 1. The Morgan fingerprint density at radius 1 is 1.21 bits per heavy atom. The molecule has 2 aliphatic carbocycles. The average Bonchev–Trinajstić information content (AvgIpc) is 2.80. The molecule has 172 valence electrons. The van der Waals surface area contributed by atoms with Crippen LogP contribution in [0, 0.1) is 5.41 Å². The van der Waals surface area contributed by atoms with E-state index in [9.17, 15) is 15.1 Å². The van der Waals surface area contributed by atoms with E-state index in [1.807, 2.05) is 19.1 Å². The molecule has 1 amide bonds. The number of fused-ring (bicyclic) bond motifs is 1. The minimum absolute atomic E-state index is 0.0728. The number of aliphatic hydroxyl groups is 1. The Morgan fingerprint density at radius 3 is 2.67 bits per heavy atom. The van der Waals surface area contributed by atoms with Crippen LogP contribution in [0.1, 0.15) is 43.1 Å². The van der Waals surface area contributed by atoms with Crippen molar-refractivity contribution in [3.05, 3.63) is 77.5 Å². The van der Waals surface area contributed by atoms with Crippen LogP contribution in [-0.4, -0.2) is 40.7 Å². The van der Waals surface area contributed by atoms with Crippen molar-refractivity contribution in [2.75, 3.05) is 7.11 Å². The molecule has 8 heteroatoms. The summed E-state index contributed by atoms with van der Waals surface area (Å²) in [5.74, 6) is -0.155. The van der Waals surface area contributed by atoms with Gasteiger partial charge in [-0.25, -0.2) is 0 Å². The Balaban J connectivity index is 1.54. The molecule has 4 rings (SSSR count). The average molecular weight is 450 g/mol. The van der Waals surface area contributed by atoms with E-state index in [2.05, 4.69) is 10.6 Å². The summed E-state index contributed by atoms with van der Waals surface area (Å²) in [5.41, 5.74) is 1.22. The van der Waals surface area contributed by atoms with E-state index in [1.54, 1.807) is 42.6 Å². The zero-order chi connectivity index (χ0) is 23.6. The number of nitrogens with zero attached hydrogens (tertiary/aromatic N) is 1. The van der Waals surface area contributed by atoms with Gasteiger partial charge in [-0.15, -0.1) is 0 Å². The number of methoxy groups -OCH3 is 1. The second-order valence-corrected chi connectivity index (χ2v) is 8.77. The van der Waals surface area contributed by atoms with Crippen molar-refractivity contribution >= 4 is 22.5 Å². The molecule has 2 aromatic rings. The first-order chi connectivity index (χ1) is 15.8. The third kappa shape index (κ3) is 4.90. The second-order valence-electron chi connectivity index (χ2n) is 8.77. The van der Waals surface area contributed by atoms with Crippen LogP contribution < -0.4 is 15.4 Å². The molecule has 1 fully saturated rings. The third-order valence-corrected chi connectivity index (χ3v) is 6.20. The van der Waals surface area contributed by atoms with E-state index < -0.39 is 11.5 Å². The van der Waals surface area contributed by atoms with Crippen LogP contribution in [0.15, 0.2) is 71.8 Å². The maximum atomic E-state index is 13.0. The minimum Gasteiger partial charge on any atom is -0.494 e. The number of amides is 1. The summed E-state index contributed by atoms with van der Waals surface area (Å²) in [6, 6.07) is 10.8. The number of carbonyl (C=O) groups excluding carboxylic acids is 1. The molecule has 1 saturated carbocycles. The highest BCUT2D eigenvalue weighted by Gasteiger charge is 2.29. The highest BCUT2D eigenvalue weighted by molar-refractivity contribution is 6.10. The number of pyridine rings is 1. The van der Waals surface area contributed by atoms with Gasteiger partial charge in [0, 0.05) is 40.8 Å². The van der Waals surface area contributed by atoms with Crippen molar-refractivity contribution in [2.24, 2.45) is 0 Å².